The lowest BCUT2D eigenvalue weighted by atomic mass is 9.33. The number of benzene rings is 19. The van der Waals surface area contributed by atoms with Crippen molar-refractivity contribution in [3.8, 4) is 11.1 Å². The first-order valence-corrected chi connectivity index (χ1v) is 48.5. The van der Waals surface area contributed by atoms with Crippen molar-refractivity contribution in [1.29, 1.82) is 0 Å². The molecule has 0 saturated carbocycles. The number of anilines is 9. The first kappa shape index (κ1) is 73.7. The van der Waals surface area contributed by atoms with Crippen molar-refractivity contribution >= 4 is 161 Å². The molecule has 0 aromatic heterocycles. The predicted molar refractivity (Wildman–Crippen MR) is 523 cm³/mol. The Balaban J connectivity index is 0.904. The fourth-order valence-electron chi connectivity index (χ4n) is 21.3. The molecule has 0 spiro atoms. The zero-order valence-electron chi connectivity index (χ0n) is 67.4. The molecule has 3 aliphatic rings. The average molecular weight is 1600 g/mol. The molecule has 0 bridgehead atoms. The molecule has 122 heavy (non-hydrogen) atoms. The SMILES string of the molecule is c1ccc(-c2ccc3c(c2)N(c2cccc([Si](c4ccccc4)(c4ccccc4)c4ccccc4)c2)c2cc(N4c5ccccc5C(c5ccccc5)(c5ccccc5)c5ccccc54)cc4c2B3c2ccc([Si](c3ccccc3)(c3ccccc3)c3ccccc3)cc2N4c2cccc([Si](c3ccccc3)(c3ccccc3)c3ccccc3)c2)cc1. The molecule has 19 aromatic carbocycles. The van der Waals surface area contributed by atoms with Gasteiger partial charge in [0.25, 0.3) is 6.71 Å². The summed E-state index contributed by atoms with van der Waals surface area (Å²) in [4.78, 5) is 8.05. The Morgan fingerprint density at radius 2 is 0.443 bits per heavy atom. The Bertz CT molecular complexity index is 6630. The molecule has 3 aliphatic heterocycles. The Labute approximate surface area is 718 Å². The van der Waals surface area contributed by atoms with E-state index in [2.05, 4.69) is 524 Å². The standard InChI is InChI=1S/C115H84BN3Si3/c1-13-43-85(44-14-1)86-75-77-106-110(79-86)117(89-49-41-69-101(80-89)120(92-51-19-4-20-52-92,93-53-21-5-22-54-93)94-55-23-6-24-56-94)112-82-91(119-108-73-39-37-71-104(108)115(87-45-15-2-16-46-87,88-47-17-3-18-48-88)105-72-38-40-74-109(105)119)83-113-114(112)116(106)107-78-76-103(122(98-63-31-10-32-64-98,99-65-33-11-34-66-99)100-67-35-12-36-68-100)84-111(107)118(113)90-50-42-70-102(81-90)121(95-57-25-7-26-58-95,96-59-27-8-28-60-96)97-61-29-9-30-62-97/h1-84H. The summed E-state index contributed by atoms with van der Waals surface area (Å²) in [7, 11) is -9.67. The minimum Gasteiger partial charge on any atom is -0.311 e. The van der Waals surface area contributed by atoms with Crippen molar-refractivity contribution in [3.63, 3.8) is 0 Å². The van der Waals surface area contributed by atoms with Gasteiger partial charge in [0, 0.05) is 34.1 Å². The third kappa shape index (κ3) is 11.7. The summed E-state index contributed by atoms with van der Waals surface area (Å²) < 4.78 is 0. The van der Waals surface area contributed by atoms with Crippen LogP contribution in [0, 0.1) is 0 Å². The van der Waals surface area contributed by atoms with Crippen molar-refractivity contribution in [1.82, 2.24) is 0 Å². The largest absolute Gasteiger partial charge is 0.311 e. The molecular formula is C115H84BN3Si3. The first-order chi connectivity index (χ1) is 60.5. The third-order valence-electron chi connectivity index (χ3n) is 26.3. The molecule has 0 N–H and O–H groups in total. The Morgan fingerprint density at radius 3 is 0.787 bits per heavy atom. The zero-order chi connectivity index (χ0) is 81.0. The molecule has 574 valence electrons. The second-order valence-electron chi connectivity index (χ2n) is 32.4. The van der Waals surface area contributed by atoms with Crippen molar-refractivity contribution in [2.24, 2.45) is 0 Å². The van der Waals surface area contributed by atoms with Gasteiger partial charge >= 0.3 is 0 Å². The van der Waals surface area contributed by atoms with E-state index in [4.69, 9.17) is 0 Å². The number of para-hydroxylation sites is 2. The van der Waals surface area contributed by atoms with Crippen LogP contribution in [-0.4, -0.2) is 30.9 Å². The molecule has 3 nitrogen and oxygen atoms in total. The minimum absolute atomic E-state index is 0.291. The monoisotopic (exact) mass is 1600 g/mol. The number of rotatable bonds is 18. The average Bonchev–Trinajstić information content (AvgIpc) is 0.685. The van der Waals surface area contributed by atoms with Gasteiger partial charge in [-0.15, -0.1) is 0 Å². The number of fused-ring (bicyclic) bond motifs is 6. The van der Waals surface area contributed by atoms with E-state index < -0.39 is 29.6 Å². The Morgan fingerprint density at radius 1 is 0.172 bits per heavy atom. The molecule has 0 fully saturated rings. The van der Waals surface area contributed by atoms with Crippen LogP contribution in [0.1, 0.15) is 22.3 Å². The van der Waals surface area contributed by atoms with Gasteiger partial charge in [-0.1, -0.05) is 449 Å². The Kier molecular flexibility index (Phi) is 18.7. The highest BCUT2D eigenvalue weighted by molar-refractivity contribution is 7.21. The number of nitrogens with zero attached hydrogens (tertiary/aromatic N) is 3. The topological polar surface area (TPSA) is 9.72 Å². The molecule has 3 heterocycles. The predicted octanol–water partition coefficient (Wildman–Crippen LogP) is 17.7. The normalized spacial score (nSPS) is 13.1. The van der Waals surface area contributed by atoms with E-state index in [1.54, 1.807) is 0 Å². The lowest BCUT2D eigenvalue weighted by Crippen LogP contribution is -2.75. The van der Waals surface area contributed by atoms with E-state index in [0.717, 1.165) is 62.3 Å². The van der Waals surface area contributed by atoms with Crippen LogP contribution in [0.25, 0.3) is 11.1 Å². The van der Waals surface area contributed by atoms with Gasteiger partial charge in [-0.05, 0) is 173 Å². The maximum Gasteiger partial charge on any atom is 0.252 e. The summed E-state index contributed by atoms with van der Waals surface area (Å²) in [6.45, 7) is -0.291. The summed E-state index contributed by atoms with van der Waals surface area (Å²) in [5.74, 6) is 0. The van der Waals surface area contributed by atoms with Gasteiger partial charge in [-0.2, -0.15) is 0 Å². The molecule has 0 saturated heterocycles. The summed E-state index contributed by atoms with van der Waals surface area (Å²) in [6.07, 6.45) is 0. The fourth-order valence-corrected chi connectivity index (χ4v) is 35.7. The van der Waals surface area contributed by atoms with Gasteiger partial charge < -0.3 is 14.7 Å². The molecule has 0 unspecified atom stereocenters. The highest BCUT2D eigenvalue weighted by Crippen LogP contribution is 2.59. The van der Waals surface area contributed by atoms with Crippen molar-refractivity contribution < 1.29 is 0 Å². The summed E-state index contributed by atoms with van der Waals surface area (Å²) in [5.41, 5.74) is 19.9. The number of hydrogen-bond acceptors (Lipinski definition) is 3. The van der Waals surface area contributed by atoms with Gasteiger partial charge in [-0.3, -0.25) is 0 Å². The van der Waals surface area contributed by atoms with Gasteiger partial charge in [-0.25, -0.2) is 0 Å². The summed E-state index contributed by atoms with van der Waals surface area (Å²) in [5, 5.41) is 15.7. The highest BCUT2D eigenvalue weighted by atomic mass is 28.3. The lowest BCUT2D eigenvalue weighted by Gasteiger charge is -2.48. The van der Waals surface area contributed by atoms with Crippen LogP contribution in [-0.2, 0) is 5.41 Å². The quantitative estimate of drug-likeness (QED) is 0.0626. The molecule has 7 heteroatoms. The molecule has 19 aromatic rings. The van der Waals surface area contributed by atoms with E-state index >= 15 is 0 Å². The highest BCUT2D eigenvalue weighted by Gasteiger charge is 2.52. The second kappa shape index (κ2) is 30.9. The van der Waals surface area contributed by atoms with Crippen molar-refractivity contribution in [2.75, 3.05) is 14.7 Å². The van der Waals surface area contributed by atoms with Crippen LogP contribution in [0.3, 0.4) is 0 Å². The molecule has 0 atom stereocenters. The Hall–Kier alpha value is -14.7. The van der Waals surface area contributed by atoms with Gasteiger partial charge in [0.1, 0.15) is 0 Å². The smallest absolute Gasteiger partial charge is 0.252 e. The summed E-state index contributed by atoms with van der Waals surface area (Å²) >= 11 is 0. The van der Waals surface area contributed by atoms with Crippen molar-refractivity contribution in [3.05, 3.63) is 532 Å². The van der Waals surface area contributed by atoms with Gasteiger partial charge in [0.15, 0.2) is 24.2 Å². The van der Waals surface area contributed by atoms with Crippen LogP contribution >= 0.6 is 0 Å². The van der Waals surface area contributed by atoms with E-state index in [9.17, 15) is 0 Å². The van der Waals surface area contributed by atoms with Crippen LogP contribution in [0.4, 0.5) is 51.2 Å². The van der Waals surface area contributed by atoms with Crippen LogP contribution in [0.15, 0.2) is 510 Å². The van der Waals surface area contributed by atoms with Crippen LogP contribution in [0.5, 0.6) is 0 Å². The van der Waals surface area contributed by atoms with E-state index in [1.807, 2.05) is 0 Å². The first-order valence-electron chi connectivity index (χ1n) is 42.5. The van der Waals surface area contributed by atoms with E-state index in [1.165, 1.54) is 101 Å². The van der Waals surface area contributed by atoms with Gasteiger partial charge in [0.2, 0.25) is 0 Å². The molecule has 0 amide bonds. The number of hydrogen-bond donors (Lipinski definition) is 0. The van der Waals surface area contributed by atoms with E-state index in [-0.39, 0.29) is 6.71 Å². The fraction of sp³-hybridized carbons (Fsp3) is 0.00870. The molecule has 0 radical (unpaired) electrons. The van der Waals surface area contributed by atoms with E-state index in [0.29, 0.717) is 0 Å². The second-order valence-corrected chi connectivity index (χ2v) is 43.8. The third-order valence-corrected chi connectivity index (χ3v) is 40.6. The molecular weight excluding hydrogens is 1520 g/mol. The van der Waals surface area contributed by atoms with Crippen LogP contribution in [0.2, 0.25) is 0 Å². The van der Waals surface area contributed by atoms with Crippen LogP contribution < -0.4 is 93.3 Å². The molecule has 0 aliphatic carbocycles. The minimum atomic E-state index is -3.27. The zero-order valence-corrected chi connectivity index (χ0v) is 70.4. The van der Waals surface area contributed by atoms with Gasteiger partial charge in [0.05, 0.1) is 22.5 Å². The summed E-state index contributed by atoms with van der Waals surface area (Å²) in [6, 6.07) is 195. The maximum atomic E-state index is 2.73. The van der Waals surface area contributed by atoms with Crippen molar-refractivity contribution in [2.45, 2.75) is 5.41 Å². The lowest BCUT2D eigenvalue weighted by molar-refractivity contribution is 0.731. The maximum absolute atomic E-state index is 3.27. The molecule has 22 rings (SSSR count).